The van der Waals surface area contributed by atoms with Crippen molar-refractivity contribution in [3.63, 3.8) is 0 Å². The van der Waals surface area contributed by atoms with E-state index in [1.165, 1.54) is 5.56 Å². The van der Waals surface area contributed by atoms with Crippen LogP contribution < -0.4 is 5.32 Å². The highest BCUT2D eigenvalue weighted by Crippen LogP contribution is 2.27. The summed E-state index contributed by atoms with van der Waals surface area (Å²) in [5.74, 6) is -0.112. The number of amides is 1. The molecule has 3 aromatic heterocycles. The molecule has 5 rings (SSSR count). The van der Waals surface area contributed by atoms with Crippen LogP contribution in [0, 0.1) is 0 Å². The number of ether oxygens (including phenoxy) is 1. The van der Waals surface area contributed by atoms with Crippen LogP contribution in [0.3, 0.4) is 0 Å². The molecule has 1 aliphatic rings. The maximum atomic E-state index is 12.9. The van der Waals surface area contributed by atoms with Crippen LogP contribution in [0.15, 0.2) is 48.0 Å². The Labute approximate surface area is 184 Å². The Kier molecular flexibility index (Phi) is 5.48. The minimum atomic E-state index is -0.112. The Morgan fingerprint density at radius 2 is 2.03 bits per heavy atom. The Morgan fingerprint density at radius 3 is 2.77 bits per heavy atom. The second kappa shape index (κ2) is 8.56. The number of carbonyl (C=O) groups is 1. The third-order valence-electron chi connectivity index (χ3n) is 5.52. The van der Waals surface area contributed by atoms with Gasteiger partial charge in [-0.05, 0) is 47.9 Å². The van der Waals surface area contributed by atoms with E-state index in [0.717, 1.165) is 46.3 Å². The lowest BCUT2D eigenvalue weighted by molar-refractivity contribution is 0.0694. The van der Waals surface area contributed by atoms with Gasteiger partial charge in [-0.25, -0.2) is 4.98 Å². The predicted octanol–water partition coefficient (Wildman–Crippen LogP) is 3.59. The molecule has 0 bridgehead atoms. The van der Waals surface area contributed by atoms with Gasteiger partial charge in [0.05, 0.1) is 16.4 Å². The van der Waals surface area contributed by atoms with Gasteiger partial charge in [-0.3, -0.25) is 9.48 Å². The summed E-state index contributed by atoms with van der Waals surface area (Å²) in [6, 6.07) is 12.4. The quantitative estimate of drug-likeness (QED) is 0.520. The van der Waals surface area contributed by atoms with E-state index in [2.05, 4.69) is 44.9 Å². The predicted molar refractivity (Wildman–Crippen MR) is 120 cm³/mol. The van der Waals surface area contributed by atoms with Crippen molar-refractivity contribution >= 4 is 27.5 Å². The highest BCUT2D eigenvalue weighted by molar-refractivity contribution is 7.17. The zero-order chi connectivity index (χ0) is 21.2. The zero-order valence-corrected chi connectivity index (χ0v) is 18.1. The second-order valence-corrected chi connectivity index (χ2v) is 8.73. The number of pyridine rings is 1. The smallest absolute Gasteiger partial charge is 0.270 e. The number of aryl methyl sites for hydroxylation is 1. The summed E-state index contributed by atoms with van der Waals surface area (Å²) in [5.41, 5.74) is 5.52. The van der Waals surface area contributed by atoms with Crippen molar-refractivity contribution < 1.29 is 9.53 Å². The van der Waals surface area contributed by atoms with Gasteiger partial charge in [-0.15, -0.1) is 16.4 Å². The Bertz CT molecular complexity index is 1210. The van der Waals surface area contributed by atoms with Crippen LogP contribution in [-0.2, 0) is 18.2 Å². The number of thiophene rings is 1. The van der Waals surface area contributed by atoms with Crippen molar-refractivity contribution in [1.29, 1.82) is 0 Å². The molecule has 0 atom stereocenters. The maximum absolute atomic E-state index is 12.9. The molecular weight excluding hydrogens is 410 g/mol. The number of nitrogens with zero attached hydrogens (tertiary/aromatic N) is 4. The maximum Gasteiger partial charge on any atom is 0.270 e. The van der Waals surface area contributed by atoms with Crippen molar-refractivity contribution in [2.75, 3.05) is 13.2 Å². The molecule has 8 heteroatoms. The summed E-state index contributed by atoms with van der Waals surface area (Å²) in [6.45, 7) is 1.38. The first-order valence-electron chi connectivity index (χ1n) is 10.4. The zero-order valence-electron chi connectivity index (χ0n) is 17.2. The Morgan fingerprint density at radius 1 is 1.23 bits per heavy atom. The van der Waals surface area contributed by atoms with Crippen LogP contribution >= 0.6 is 11.3 Å². The number of carbonyl (C=O) groups excluding carboxylic acids is 1. The van der Waals surface area contributed by atoms with Gasteiger partial charge in [0.2, 0.25) is 0 Å². The van der Waals surface area contributed by atoms with Gasteiger partial charge >= 0.3 is 0 Å². The largest absolute Gasteiger partial charge is 0.381 e. The third-order valence-corrected chi connectivity index (χ3v) is 6.50. The van der Waals surface area contributed by atoms with Crippen molar-refractivity contribution in [1.82, 2.24) is 25.3 Å². The third kappa shape index (κ3) is 4.35. The first-order valence-corrected chi connectivity index (χ1v) is 11.2. The van der Waals surface area contributed by atoms with Crippen LogP contribution in [0.2, 0.25) is 0 Å². The van der Waals surface area contributed by atoms with Crippen molar-refractivity contribution in [3.8, 4) is 11.3 Å². The highest BCUT2D eigenvalue weighted by atomic mass is 32.1. The first-order chi connectivity index (χ1) is 15.2. The van der Waals surface area contributed by atoms with Crippen molar-refractivity contribution in [3.05, 3.63) is 64.8 Å². The molecule has 0 unspecified atom stereocenters. The van der Waals surface area contributed by atoms with E-state index in [0.29, 0.717) is 18.9 Å². The van der Waals surface area contributed by atoms with Crippen LogP contribution in [0.5, 0.6) is 0 Å². The summed E-state index contributed by atoms with van der Waals surface area (Å²) in [7, 11) is 1.86. The highest BCUT2D eigenvalue weighted by Gasteiger charge is 2.19. The van der Waals surface area contributed by atoms with Gasteiger partial charge in [-0.1, -0.05) is 29.5 Å². The van der Waals surface area contributed by atoms with E-state index in [-0.39, 0.29) is 11.9 Å². The number of aromatic nitrogens is 4. The van der Waals surface area contributed by atoms with E-state index in [4.69, 9.17) is 4.74 Å². The summed E-state index contributed by atoms with van der Waals surface area (Å²) < 4.78 is 8.20. The first kappa shape index (κ1) is 19.8. The van der Waals surface area contributed by atoms with E-state index >= 15 is 0 Å². The Balaban J connectivity index is 1.38. The second-order valence-electron chi connectivity index (χ2n) is 7.81. The monoisotopic (exact) mass is 433 g/mol. The summed E-state index contributed by atoms with van der Waals surface area (Å²) in [4.78, 5) is 17.5. The molecule has 1 aliphatic heterocycles. The molecule has 1 amide bonds. The SMILES string of the molecule is Cn1cc(-c2ccc(Cc3cc(C(=O)NC4CCOCC4)nc4ccsc34)cc2)nn1. The normalized spacial score (nSPS) is 14.7. The molecule has 1 fully saturated rings. The van der Waals surface area contributed by atoms with Crippen LogP contribution in [0.25, 0.3) is 21.5 Å². The summed E-state index contributed by atoms with van der Waals surface area (Å²) in [6.07, 6.45) is 4.32. The minimum absolute atomic E-state index is 0.112. The minimum Gasteiger partial charge on any atom is -0.381 e. The molecule has 1 saturated heterocycles. The van der Waals surface area contributed by atoms with Gasteiger partial charge in [0, 0.05) is 31.9 Å². The molecule has 4 aromatic rings. The standard InChI is InChI=1S/C23H23N5O2S/c1-28-14-21(26-27-28)16-4-2-15(3-5-16)12-17-13-20(25-19-8-11-31-22(17)19)23(29)24-18-6-9-30-10-7-18/h2-5,8,11,13-14,18H,6-7,9-10,12H2,1H3,(H,24,29). The fourth-order valence-electron chi connectivity index (χ4n) is 3.87. The van der Waals surface area contributed by atoms with Crippen molar-refractivity contribution in [2.45, 2.75) is 25.3 Å². The average Bonchev–Trinajstić information content (AvgIpc) is 3.44. The lowest BCUT2D eigenvalue weighted by atomic mass is 10.0. The fourth-order valence-corrected chi connectivity index (χ4v) is 4.72. The molecule has 0 radical (unpaired) electrons. The van der Waals surface area contributed by atoms with Gasteiger partial charge in [0.15, 0.2) is 0 Å². The number of hydrogen-bond donors (Lipinski definition) is 1. The topological polar surface area (TPSA) is 81.9 Å². The number of hydrogen-bond acceptors (Lipinski definition) is 6. The lowest BCUT2D eigenvalue weighted by Crippen LogP contribution is -2.39. The molecule has 0 aliphatic carbocycles. The summed E-state index contributed by atoms with van der Waals surface area (Å²) >= 11 is 1.66. The molecule has 158 valence electrons. The number of fused-ring (bicyclic) bond motifs is 1. The van der Waals surface area contributed by atoms with E-state index in [9.17, 15) is 4.79 Å². The van der Waals surface area contributed by atoms with E-state index in [1.54, 1.807) is 16.0 Å². The molecule has 0 spiro atoms. The van der Waals surface area contributed by atoms with Gasteiger partial charge < -0.3 is 10.1 Å². The average molecular weight is 434 g/mol. The van der Waals surface area contributed by atoms with Gasteiger partial charge in [-0.2, -0.15) is 0 Å². The van der Waals surface area contributed by atoms with Crippen LogP contribution in [-0.4, -0.2) is 45.1 Å². The van der Waals surface area contributed by atoms with Gasteiger partial charge in [0.25, 0.3) is 5.91 Å². The molecule has 1 aromatic carbocycles. The van der Waals surface area contributed by atoms with Crippen LogP contribution in [0.1, 0.15) is 34.5 Å². The molecule has 4 heterocycles. The Hall–Kier alpha value is -3.10. The van der Waals surface area contributed by atoms with Gasteiger partial charge in [0.1, 0.15) is 11.4 Å². The number of rotatable bonds is 5. The molecule has 7 nitrogen and oxygen atoms in total. The summed E-state index contributed by atoms with van der Waals surface area (Å²) in [5, 5.41) is 13.3. The number of benzene rings is 1. The lowest BCUT2D eigenvalue weighted by Gasteiger charge is -2.23. The van der Waals surface area contributed by atoms with Crippen LogP contribution in [0.4, 0.5) is 0 Å². The molecule has 31 heavy (non-hydrogen) atoms. The molecule has 0 saturated carbocycles. The molecule has 1 N–H and O–H groups in total. The van der Waals surface area contributed by atoms with E-state index < -0.39 is 0 Å². The molecular formula is C23H23N5O2S. The number of nitrogens with one attached hydrogen (secondary N) is 1. The fraction of sp³-hybridized carbons (Fsp3) is 0.304. The van der Waals surface area contributed by atoms with E-state index in [1.807, 2.05) is 30.8 Å². The van der Waals surface area contributed by atoms with Crippen molar-refractivity contribution in [2.24, 2.45) is 7.05 Å².